The summed E-state index contributed by atoms with van der Waals surface area (Å²) in [6.45, 7) is 3.79. The quantitative estimate of drug-likeness (QED) is 0.705. The van der Waals surface area contributed by atoms with Crippen LogP contribution in [0.2, 0.25) is 0 Å². The summed E-state index contributed by atoms with van der Waals surface area (Å²) in [5, 5.41) is 8.94. The van der Waals surface area contributed by atoms with Gasteiger partial charge in [0.15, 0.2) is 11.6 Å². The molecule has 0 saturated heterocycles. The van der Waals surface area contributed by atoms with Gasteiger partial charge in [-0.15, -0.1) is 0 Å². The molecule has 0 radical (unpaired) electrons. The van der Waals surface area contributed by atoms with Crippen molar-refractivity contribution >= 4 is 10.9 Å². The Hall–Kier alpha value is -2.30. The molecule has 3 nitrogen and oxygen atoms in total. The van der Waals surface area contributed by atoms with Crippen molar-refractivity contribution in [1.82, 2.24) is 14.8 Å². The zero-order valence-corrected chi connectivity index (χ0v) is 12.4. The number of hydrogen-bond donors (Lipinski definition) is 0. The third-order valence-corrected chi connectivity index (χ3v) is 4.17. The summed E-state index contributed by atoms with van der Waals surface area (Å²) in [7, 11) is 0. The molecule has 0 aliphatic heterocycles. The van der Waals surface area contributed by atoms with Crippen LogP contribution in [0.1, 0.15) is 30.3 Å². The monoisotopic (exact) mass is 299 g/mol. The Morgan fingerprint density at radius 3 is 2.45 bits per heavy atom. The summed E-state index contributed by atoms with van der Waals surface area (Å²) in [5.41, 5.74) is 4.31. The first-order valence-corrected chi connectivity index (χ1v) is 7.36. The van der Waals surface area contributed by atoms with Gasteiger partial charge in [-0.25, -0.2) is 8.78 Å². The lowest BCUT2D eigenvalue weighted by Gasteiger charge is -2.11. The van der Waals surface area contributed by atoms with E-state index in [0.29, 0.717) is 6.04 Å². The van der Waals surface area contributed by atoms with Crippen molar-refractivity contribution in [3.8, 4) is 11.3 Å². The van der Waals surface area contributed by atoms with Gasteiger partial charge in [0.25, 0.3) is 0 Å². The molecule has 22 heavy (non-hydrogen) atoms. The summed E-state index contributed by atoms with van der Waals surface area (Å²) in [6.07, 6.45) is 2.12. The van der Waals surface area contributed by atoms with E-state index in [1.54, 1.807) is 0 Å². The Balaban J connectivity index is 2.05. The van der Waals surface area contributed by atoms with E-state index in [1.807, 2.05) is 26.0 Å². The Labute approximate surface area is 126 Å². The number of halogens is 2. The summed E-state index contributed by atoms with van der Waals surface area (Å²) in [4.78, 5) is 0. The first-order chi connectivity index (χ1) is 10.5. The van der Waals surface area contributed by atoms with Crippen LogP contribution in [0.25, 0.3) is 22.2 Å². The predicted molar refractivity (Wildman–Crippen MR) is 80.6 cm³/mol. The van der Waals surface area contributed by atoms with Gasteiger partial charge < -0.3 is 4.57 Å². The highest BCUT2D eigenvalue weighted by molar-refractivity contribution is 5.88. The normalized spacial score (nSPS) is 14.7. The molecule has 1 aliphatic rings. The highest BCUT2D eigenvalue weighted by Crippen LogP contribution is 2.43. The fraction of sp³-hybridized carbons (Fsp3) is 0.294. The maximum atomic E-state index is 13.7. The molecule has 1 aromatic carbocycles. The zero-order chi connectivity index (χ0) is 15.4. The lowest BCUT2D eigenvalue weighted by molar-refractivity contribution is 0.510. The molecule has 0 unspecified atom stereocenters. The maximum Gasteiger partial charge on any atom is 0.160 e. The molecule has 112 valence electrons. The molecule has 0 N–H and O–H groups in total. The van der Waals surface area contributed by atoms with Gasteiger partial charge in [0.2, 0.25) is 0 Å². The first-order valence-electron chi connectivity index (χ1n) is 7.36. The second kappa shape index (κ2) is 4.60. The van der Waals surface area contributed by atoms with Crippen LogP contribution in [0, 0.1) is 25.5 Å². The minimum atomic E-state index is -0.812. The van der Waals surface area contributed by atoms with Crippen LogP contribution >= 0.6 is 0 Å². The zero-order valence-electron chi connectivity index (χ0n) is 12.4. The van der Waals surface area contributed by atoms with Crippen molar-refractivity contribution in [1.29, 1.82) is 0 Å². The smallest absolute Gasteiger partial charge is 0.160 e. The Morgan fingerprint density at radius 2 is 1.73 bits per heavy atom. The number of hydrogen-bond acceptors (Lipinski definition) is 2. The van der Waals surface area contributed by atoms with E-state index in [1.165, 1.54) is 12.1 Å². The van der Waals surface area contributed by atoms with Crippen molar-refractivity contribution in [2.45, 2.75) is 32.7 Å². The third-order valence-electron chi connectivity index (χ3n) is 4.17. The number of fused-ring (bicyclic) bond motifs is 1. The predicted octanol–water partition coefficient (Wildman–Crippen LogP) is 4.33. The van der Waals surface area contributed by atoms with Crippen molar-refractivity contribution < 1.29 is 8.78 Å². The van der Waals surface area contributed by atoms with Crippen LogP contribution in [0.4, 0.5) is 8.78 Å². The molecular weight excluding hydrogens is 284 g/mol. The minimum absolute atomic E-state index is 0.352. The number of rotatable bonds is 2. The van der Waals surface area contributed by atoms with Gasteiger partial charge in [0, 0.05) is 23.1 Å². The number of aryl methyl sites for hydroxylation is 2. The Kier molecular flexibility index (Phi) is 2.79. The molecule has 1 aliphatic carbocycles. The fourth-order valence-corrected chi connectivity index (χ4v) is 2.97. The Bertz CT molecular complexity index is 895. The second-order valence-electron chi connectivity index (χ2n) is 5.94. The van der Waals surface area contributed by atoms with E-state index in [-0.39, 0.29) is 0 Å². The van der Waals surface area contributed by atoms with E-state index >= 15 is 0 Å². The van der Waals surface area contributed by atoms with Crippen molar-refractivity contribution in [2.24, 2.45) is 0 Å². The molecule has 0 spiro atoms. The van der Waals surface area contributed by atoms with Gasteiger partial charge in [0.1, 0.15) is 0 Å². The molecule has 2 aromatic heterocycles. The van der Waals surface area contributed by atoms with Gasteiger partial charge in [-0.3, -0.25) is 0 Å². The third kappa shape index (κ3) is 2.00. The molecule has 4 rings (SSSR count). The van der Waals surface area contributed by atoms with E-state index < -0.39 is 11.6 Å². The van der Waals surface area contributed by atoms with Crippen LogP contribution in [0.15, 0.2) is 24.3 Å². The average molecular weight is 299 g/mol. The number of benzene rings is 1. The molecule has 0 amide bonds. The lowest BCUT2D eigenvalue weighted by Crippen LogP contribution is -2.01. The van der Waals surface area contributed by atoms with Crippen LogP contribution in [-0.4, -0.2) is 14.8 Å². The number of aromatic nitrogens is 3. The van der Waals surface area contributed by atoms with E-state index in [9.17, 15) is 8.78 Å². The van der Waals surface area contributed by atoms with Crippen molar-refractivity contribution in [2.75, 3.05) is 0 Å². The van der Waals surface area contributed by atoms with Crippen molar-refractivity contribution in [3.63, 3.8) is 0 Å². The van der Waals surface area contributed by atoms with E-state index in [0.717, 1.165) is 46.4 Å². The van der Waals surface area contributed by atoms with Crippen LogP contribution in [0.3, 0.4) is 0 Å². The highest BCUT2D eigenvalue weighted by Gasteiger charge is 2.29. The van der Waals surface area contributed by atoms with Crippen LogP contribution < -0.4 is 0 Å². The number of nitrogens with zero attached hydrogens (tertiary/aromatic N) is 3. The second-order valence-corrected chi connectivity index (χ2v) is 5.94. The molecule has 1 fully saturated rings. The Morgan fingerprint density at radius 1 is 1.00 bits per heavy atom. The largest absolute Gasteiger partial charge is 0.337 e. The van der Waals surface area contributed by atoms with Gasteiger partial charge in [-0.05, 0) is 44.9 Å². The molecule has 2 heterocycles. The molecule has 5 heteroatoms. The summed E-state index contributed by atoms with van der Waals surface area (Å²) in [6, 6.07) is 6.81. The van der Waals surface area contributed by atoms with Crippen LogP contribution in [0.5, 0.6) is 0 Å². The molecule has 1 saturated carbocycles. The fourth-order valence-electron chi connectivity index (χ4n) is 2.97. The SMILES string of the molecule is Cc1cc(-c2cc3cc(F)c(F)cc3n2C2CC2)c(C)nn1. The lowest BCUT2D eigenvalue weighted by atomic mass is 10.1. The molecule has 0 atom stereocenters. The van der Waals surface area contributed by atoms with Gasteiger partial charge in [-0.2, -0.15) is 10.2 Å². The van der Waals surface area contributed by atoms with Gasteiger partial charge in [0.05, 0.1) is 22.6 Å². The summed E-state index contributed by atoms with van der Waals surface area (Å²) < 4.78 is 29.3. The summed E-state index contributed by atoms with van der Waals surface area (Å²) in [5.74, 6) is -1.62. The van der Waals surface area contributed by atoms with Gasteiger partial charge >= 0.3 is 0 Å². The minimum Gasteiger partial charge on any atom is -0.337 e. The highest BCUT2D eigenvalue weighted by atomic mass is 19.2. The van der Waals surface area contributed by atoms with Crippen molar-refractivity contribution in [3.05, 3.63) is 47.3 Å². The van der Waals surface area contributed by atoms with Gasteiger partial charge in [-0.1, -0.05) is 0 Å². The molecule has 0 bridgehead atoms. The maximum absolute atomic E-state index is 13.7. The molecular formula is C17H15F2N3. The first kappa shape index (κ1) is 13.4. The molecule has 3 aromatic rings. The average Bonchev–Trinajstić information content (AvgIpc) is 3.25. The van der Waals surface area contributed by atoms with E-state index in [2.05, 4.69) is 14.8 Å². The topological polar surface area (TPSA) is 30.7 Å². The standard InChI is InChI=1S/C17H15F2N3/c1-9-5-13(10(2)21-20-9)17-7-11-6-14(18)15(19)8-16(11)22(17)12-3-4-12/h5-8,12H,3-4H2,1-2H3. The summed E-state index contributed by atoms with van der Waals surface area (Å²) >= 11 is 0. The van der Waals surface area contributed by atoms with Crippen LogP contribution in [-0.2, 0) is 0 Å². The van der Waals surface area contributed by atoms with E-state index in [4.69, 9.17) is 0 Å².